The molecule has 1 aromatic carbocycles. The average Bonchev–Trinajstić information content (AvgIpc) is 3.48. The minimum Gasteiger partial charge on any atom is -0.488 e. The highest BCUT2D eigenvalue weighted by atomic mass is 32.1. The van der Waals surface area contributed by atoms with Crippen LogP contribution in [0.4, 0.5) is 11.5 Å². The zero-order valence-electron chi connectivity index (χ0n) is 20.3. The Balaban J connectivity index is 1.35. The molecule has 7 nitrogen and oxygen atoms in total. The molecule has 182 valence electrons. The van der Waals surface area contributed by atoms with Crippen LogP contribution in [-0.4, -0.2) is 47.2 Å². The molecule has 1 aliphatic heterocycles. The number of aromatic nitrogens is 2. The Morgan fingerprint density at radius 1 is 1.14 bits per heavy atom. The van der Waals surface area contributed by atoms with Crippen LogP contribution in [0.2, 0.25) is 0 Å². The first-order chi connectivity index (χ1) is 17.1. The van der Waals surface area contributed by atoms with Gasteiger partial charge >= 0.3 is 0 Å². The first kappa shape index (κ1) is 22.5. The van der Waals surface area contributed by atoms with Crippen LogP contribution in [0.1, 0.15) is 60.1 Å². The van der Waals surface area contributed by atoms with E-state index in [1.165, 1.54) is 35.3 Å². The van der Waals surface area contributed by atoms with Gasteiger partial charge in [-0.25, -0.2) is 9.97 Å². The molecule has 2 aromatic heterocycles. The number of ether oxygens (including phenoxy) is 1. The molecule has 1 amide bonds. The molecule has 0 radical (unpaired) electrons. The van der Waals surface area contributed by atoms with Gasteiger partial charge in [-0.2, -0.15) is 0 Å². The van der Waals surface area contributed by atoms with Gasteiger partial charge in [0.15, 0.2) is 0 Å². The SMILES string of the molecule is CN(C)C(=O)[C@H]1CCc2c(sc3ncnc(Nc4cc5c(cc4OC4CCCCC4)CN=C5)c23)C1. The number of amides is 1. The second-order valence-electron chi connectivity index (χ2n) is 10.1. The Hall–Kier alpha value is -3.00. The number of nitrogens with one attached hydrogen (secondary N) is 1. The minimum absolute atomic E-state index is 0.0430. The van der Waals surface area contributed by atoms with Gasteiger partial charge in [0.2, 0.25) is 5.91 Å². The molecular weight excluding hydrogens is 458 g/mol. The topological polar surface area (TPSA) is 79.7 Å². The molecule has 1 saturated carbocycles. The number of benzene rings is 1. The largest absolute Gasteiger partial charge is 0.488 e. The van der Waals surface area contributed by atoms with Gasteiger partial charge in [-0.05, 0) is 73.8 Å². The van der Waals surface area contributed by atoms with Gasteiger partial charge in [0.25, 0.3) is 0 Å². The number of carbonyl (C=O) groups is 1. The van der Waals surface area contributed by atoms with Crippen LogP contribution in [0.3, 0.4) is 0 Å². The van der Waals surface area contributed by atoms with Crippen LogP contribution in [0, 0.1) is 5.92 Å². The summed E-state index contributed by atoms with van der Waals surface area (Å²) in [4.78, 5) is 30.2. The highest BCUT2D eigenvalue weighted by Crippen LogP contribution is 2.42. The van der Waals surface area contributed by atoms with Crippen molar-refractivity contribution in [3.05, 3.63) is 40.0 Å². The van der Waals surface area contributed by atoms with Gasteiger partial charge in [0, 0.05) is 31.1 Å². The lowest BCUT2D eigenvalue weighted by atomic mass is 9.87. The van der Waals surface area contributed by atoms with Gasteiger partial charge in [-0.3, -0.25) is 9.79 Å². The maximum Gasteiger partial charge on any atom is 0.225 e. The molecule has 1 N–H and O–H groups in total. The van der Waals surface area contributed by atoms with Crippen molar-refractivity contribution in [2.24, 2.45) is 10.9 Å². The van der Waals surface area contributed by atoms with Gasteiger partial charge in [0.1, 0.15) is 22.7 Å². The highest BCUT2D eigenvalue weighted by Gasteiger charge is 2.30. The fourth-order valence-corrected chi connectivity index (χ4v) is 6.87. The number of nitrogens with zero attached hydrogens (tertiary/aromatic N) is 4. The van der Waals surface area contributed by atoms with Crippen LogP contribution in [-0.2, 0) is 24.2 Å². The van der Waals surface area contributed by atoms with Crippen LogP contribution in [0.15, 0.2) is 23.5 Å². The van der Waals surface area contributed by atoms with Crippen molar-refractivity contribution in [2.75, 3.05) is 19.4 Å². The molecule has 0 spiro atoms. The number of aryl methyl sites for hydroxylation is 1. The Kier molecular flexibility index (Phi) is 5.92. The van der Waals surface area contributed by atoms with Gasteiger partial charge in [-0.15, -0.1) is 11.3 Å². The van der Waals surface area contributed by atoms with E-state index in [-0.39, 0.29) is 17.9 Å². The molecular formula is C27H31N5O2S. The maximum atomic E-state index is 12.6. The zero-order chi connectivity index (χ0) is 23.9. The fraction of sp³-hybridized carbons (Fsp3) is 0.481. The summed E-state index contributed by atoms with van der Waals surface area (Å²) in [5.74, 6) is 1.95. The van der Waals surface area contributed by atoms with Crippen molar-refractivity contribution in [2.45, 2.75) is 64.0 Å². The number of fused-ring (bicyclic) bond motifs is 4. The van der Waals surface area contributed by atoms with Gasteiger partial charge in [0.05, 0.1) is 23.7 Å². The lowest BCUT2D eigenvalue weighted by Gasteiger charge is -2.25. The van der Waals surface area contributed by atoms with E-state index in [0.29, 0.717) is 6.54 Å². The van der Waals surface area contributed by atoms with E-state index < -0.39 is 0 Å². The number of hydrogen-bond acceptors (Lipinski definition) is 7. The standard InChI is InChI=1S/C27H31N5O2S/c1-32(2)27(33)16-8-9-20-23(12-16)35-26-24(20)25(29-15-30-26)31-21-10-17-13-28-14-18(17)11-22(21)34-19-6-4-3-5-7-19/h10-11,13,15-16,19H,3-9,12,14H2,1-2H3,(H,29,30,31)/t16-/m0/s1. The first-order valence-electron chi connectivity index (χ1n) is 12.6. The maximum absolute atomic E-state index is 12.6. The van der Waals surface area contributed by atoms with Crippen LogP contribution in [0.5, 0.6) is 5.75 Å². The summed E-state index contributed by atoms with van der Waals surface area (Å²) in [7, 11) is 3.68. The van der Waals surface area contributed by atoms with E-state index in [9.17, 15) is 4.79 Å². The number of rotatable bonds is 5. The Morgan fingerprint density at radius 3 is 2.83 bits per heavy atom. The second kappa shape index (κ2) is 9.22. The molecule has 1 fully saturated rings. The zero-order valence-corrected chi connectivity index (χ0v) is 21.2. The van der Waals surface area contributed by atoms with Crippen molar-refractivity contribution in [1.82, 2.24) is 14.9 Å². The first-order valence-corrected chi connectivity index (χ1v) is 13.5. The predicted molar refractivity (Wildman–Crippen MR) is 140 cm³/mol. The van der Waals surface area contributed by atoms with Crippen LogP contribution >= 0.6 is 11.3 Å². The van der Waals surface area contributed by atoms with E-state index in [4.69, 9.17) is 4.74 Å². The molecule has 0 saturated heterocycles. The van der Waals surface area contributed by atoms with Crippen molar-refractivity contribution in [3.63, 3.8) is 0 Å². The molecule has 35 heavy (non-hydrogen) atoms. The highest BCUT2D eigenvalue weighted by molar-refractivity contribution is 7.19. The Bertz CT molecular complexity index is 1310. The molecule has 1 atom stereocenters. The summed E-state index contributed by atoms with van der Waals surface area (Å²) in [5.41, 5.74) is 4.55. The third-order valence-corrected chi connectivity index (χ3v) is 8.63. The molecule has 3 aliphatic rings. The smallest absolute Gasteiger partial charge is 0.225 e. The monoisotopic (exact) mass is 489 g/mol. The molecule has 3 aromatic rings. The van der Waals surface area contributed by atoms with Crippen molar-refractivity contribution < 1.29 is 9.53 Å². The molecule has 6 rings (SSSR count). The van der Waals surface area contributed by atoms with Crippen LogP contribution < -0.4 is 10.1 Å². The van der Waals surface area contributed by atoms with Crippen molar-refractivity contribution in [3.8, 4) is 5.75 Å². The van der Waals surface area contributed by atoms with E-state index in [1.807, 2.05) is 20.3 Å². The van der Waals surface area contributed by atoms with E-state index in [0.717, 1.165) is 65.1 Å². The average molecular weight is 490 g/mol. The van der Waals surface area contributed by atoms with E-state index >= 15 is 0 Å². The Labute approximate surface area is 209 Å². The summed E-state index contributed by atoms with van der Waals surface area (Å²) in [6.45, 7) is 0.708. The van der Waals surface area contributed by atoms with Crippen molar-refractivity contribution >= 4 is 45.2 Å². The van der Waals surface area contributed by atoms with Gasteiger partial charge < -0.3 is 15.0 Å². The third-order valence-electron chi connectivity index (χ3n) is 7.47. The summed E-state index contributed by atoms with van der Waals surface area (Å²) >= 11 is 1.70. The number of anilines is 2. The minimum atomic E-state index is 0.0430. The lowest BCUT2D eigenvalue weighted by molar-refractivity contribution is -0.133. The normalized spacial score (nSPS) is 19.4. The molecule has 0 unspecified atom stereocenters. The predicted octanol–water partition coefficient (Wildman–Crippen LogP) is 5.27. The molecule has 2 aliphatic carbocycles. The molecule has 0 bridgehead atoms. The Morgan fingerprint density at radius 2 is 2.00 bits per heavy atom. The second-order valence-corrected chi connectivity index (χ2v) is 11.2. The lowest BCUT2D eigenvalue weighted by Crippen LogP contribution is -2.32. The summed E-state index contributed by atoms with van der Waals surface area (Å²) in [5, 5.41) is 4.70. The fourth-order valence-electron chi connectivity index (χ4n) is 5.60. The quantitative estimate of drug-likeness (QED) is 0.528. The van der Waals surface area contributed by atoms with Gasteiger partial charge in [-0.1, -0.05) is 6.42 Å². The van der Waals surface area contributed by atoms with E-state index in [1.54, 1.807) is 22.6 Å². The molecule has 8 heteroatoms. The summed E-state index contributed by atoms with van der Waals surface area (Å²) in [6, 6.07) is 4.29. The van der Waals surface area contributed by atoms with Crippen molar-refractivity contribution in [1.29, 1.82) is 0 Å². The third kappa shape index (κ3) is 4.29. The number of carbonyl (C=O) groups excluding carboxylic acids is 1. The molecule has 3 heterocycles. The summed E-state index contributed by atoms with van der Waals surface area (Å²) < 4.78 is 6.55. The number of hydrogen-bond donors (Lipinski definition) is 1. The number of thiophene rings is 1. The van der Waals surface area contributed by atoms with E-state index in [2.05, 4.69) is 32.4 Å². The summed E-state index contributed by atoms with van der Waals surface area (Å²) in [6.07, 6.45) is 12.3. The van der Waals surface area contributed by atoms with Crippen LogP contribution in [0.25, 0.3) is 10.2 Å². The number of aliphatic imine (C=N–C) groups is 1.